The van der Waals surface area contributed by atoms with Crippen molar-refractivity contribution in [1.82, 2.24) is 15.2 Å². The van der Waals surface area contributed by atoms with Gasteiger partial charge in [0.15, 0.2) is 0 Å². The van der Waals surface area contributed by atoms with Crippen LogP contribution in [-0.2, 0) is 20.9 Å². The lowest BCUT2D eigenvalue weighted by molar-refractivity contribution is -0.192. The molecule has 0 aliphatic carbocycles. The first-order valence-electron chi connectivity index (χ1n) is 7.99. The van der Waals surface area contributed by atoms with E-state index in [1.165, 1.54) is 5.56 Å². The number of morpholine rings is 1. The second-order valence-electron chi connectivity index (χ2n) is 6.11. The molecule has 0 spiro atoms. The molecule has 2 aliphatic rings. The van der Waals surface area contributed by atoms with Crippen LogP contribution in [-0.4, -0.2) is 65.4 Å². The van der Waals surface area contributed by atoms with E-state index in [-0.39, 0.29) is 24.0 Å². The molecule has 0 saturated carbocycles. The van der Waals surface area contributed by atoms with Gasteiger partial charge in [0.2, 0.25) is 5.91 Å². The number of hydrogen-bond donors (Lipinski definition) is 2. The maximum absolute atomic E-state index is 11.8. The van der Waals surface area contributed by atoms with Gasteiger partial charge in [-0.3, -0.25) is 14.7 Å². The smallest absolute Gasteiger partial charge is 0.475 e. The molecule has 2 bridgehead atoms. The second kappa shape index (κ2) is 8.45. The van der Waals surface area contributed by atoms with E-state index in [0.717, 1.165) is 26.1 Å². The summed E-state index contributed by atoms with van der Waals surface area (Å²) >= 11 is 0. The lowest BCUT2D eigenvalue weighted by Crippen LogP contribution is -2.44. The highest BCUT2D eigenvalue weighted by atomic mass is 19.4. The molecule has 3 rings (SSSR count). The number of fused-ring (bicyclic) bond motifs is 2. The average Bonchev–Trinajstić information content (AvgIpc) is 2.89. The lowest BCUT2D eigenvalue weighted by Gasteiger charge is -2.32. The number of carbonyl (C=O) groups is 2. The summed E-state index contributed by atoms with van der Waals surface area (Å²) in [5.41, 5.74) is 1.21. The van der Waals surface area contributed by atoms with Gasteiger partial charge in [-0.05, 0) is 18.1 Å². The molecule has 3 unspecified atom stereocenters. The van der Waals surface area contributed by atoms with Gasteiger partial charge in [0, 0.05) is 39.1 Å². The summed E-state index contributed by atoms with van der Waals surface area (Å²) in [6, 6.07) is 4.04. The Labute approximate surface area is 148 Å². The number of ether oxygens (including phenoxy) is 1. The summed E-state index contributed by atoms with van der Waals surface area (Å²) in [5, 5.41) is 9.86. The van der Waals surface area contributed by atoms with Crippen LogP contribution in [0, 0.1) is 5.92 Å². The lowest BCUT2D eigenvalue weighted by atomic mass is 10.00. The van der Waals surface area contributed by atoms with Crippen molar-refractivity contribution in [2.45, 2.75) is 31.3 Å². The first-order valence-corrected chi connectivity index (χ1v) is 7.99. The Hall–Kier alpha value is -2.20. The summed E-state index contributed by atoms with van der Waals surface area (Å²) in [6.45, 7) is 2.60. The Morgan fingerprint density at radius 3 is 2.65 bits per heavy atom. The molecule has 10 heteroatoms. The number of nitrogens with one attached hydrogen (secondary N) is 1. The third kappa shape index (κ3) is 5.40. The minimum absolute atomic E-state index is 0.00824. The van der Waals surface area contributed by atoms with Gasteiger partial charge in [0.1, 0.15) is 0 Å². The van der Waals surface area contributed by atoms with Crippen molar-refractivity contribution in [3.63, 3.8) is 0 Å². The SMILES string of the molecule is CNC(=O)C1CC2CN(Cc3cccnc3)CC1O2.O=C(O)C(F)(F)F. The average molecular weight is 375 g/mol. The number of hydrogen-bond acceptors (Lipinski definition) is 5. The number of likely N-dealkylation sites (tertiary alicyclic amines) is 1. The van der Waals surface area contributed by atoms with Crippen molar-refractivity contribution in [3.8, 4) is 0 Å². The van der Waals surface area contributed by atoms with Gasteiger partial charge in [-0.2, -0.15) is 13.2 Å². The highest BCUT2D eigenvalue weighted by molar-refractivity contribution is 5.79. The number of nitrogens with zero attached hydrogens (tertiary/aromatic N) is 2. The topological polar surface area (TPSA) is 91.8 Å². The molecular weight excluding hydrogens is 355 g/mol. The Kier molecular flexibility index (Phi) is 6.54. The third-order valence-electron chi connectivity index (χ3n) is 4.19. The molecule has 1 amide bonds. The molecular formula is C16H20F3N3O4. The number of carboxylic acids is 1. The van der Waals surface area contributed by atoms with Gasteiger partial charge in [-0.15, -0.1) is 0 Å². The van der Waals surface area contributed by atoms with Gasteiger partial charge in [-0.25, -0.2) is 4.79 Å². The van der Waals surface area contributed by atoms with Crippen LogP contribution >= 0.6 is 0 Å². The van der Waals surface area contributed by atoms with E-state index in [1.54, 1.807) is 13.2 Å². The molecule has 2 N–H and O–H groups in total. The number of rotatable bonds is 3. The highest BCUT2D eigenvalue weighted by Crippen LogP contribution is 2.32. The fourth-order valence-electron chi connectivity index (χ4n) is 3.08. The minimum Gasteiger partial charge on any atom is -0.475 e. The van der Waals surface area contributed by atoms with E-state index >= 15 is 0 Å². The van der Waals surface area contributed by atoms with Crippen molar-refractivity contribution in [2.24, 2.45) is 5.92 Å². The van der Waals surface area contributed by atoms with Crippen LogP contribution in [0.15, 0.2) is 24.5 Å². The van der Waals surface area contributed by atoms with Crippen molar-refractivity contribution in [3.05, 3.63) is 30.1 Å². The number of halogens is 3. The summed E-state index contributed by atoms with van der Waals surface area (Å²) in [4.78, 5) is 27.2. The zero-order valence-corrected chi connectivity index (χ0v) is 14.1. The summed E-state index contributed by atoms with van der Waals surface area (Å²) in [7, 11) is 1.69. The van der Waals surface area contributed by atoms with Crippen LogP contribution < -0.4 is 5.32 Å². The third-order valence-corrected chi connectivity index (χ3v) is 4.19. The number of carbonyl (C=O) groups excluding carboxylic acids is 1. The van der Waals surface area contributed by atoms with Crippen molar-refractivity contribution >= 4 is 11.9 Å². The number of carboxylic acid groups (broad SMARTS) is 1. The zero-order chi connectivity index (χ0) is 19.3. The molecule has 3 heterocycles. The standard InChI is InChI=1S/C14H19N3O2.C2HF3O2/c1-15-14(18)12-5-11-8-17(9-13(12)19-11)7-10-3-2-4-16-6-10;3-2(4,5)1(6)7/h2-4,6,11-13H,5,7-9H2,1H3,(H,15,18);(H,6,7). The number of aromatic nitrogens is 1. The normalized spacial score (nSPS) is 25.2. The van der Waals surface area contributed by atoms with E-state index in [1.807, 2.05) is 12.3 Å². The molecule has 3 atom stereocenters. The molecule has 2 saturated heterocycles. The molecule has 7 nitrogen and oxygen atoms in total. The maximum Gasteiger partial charge on any atom is 0.490 e. The summed E-state index contributed by atoms with van der Waals surface area (Å²) < 4.78 is 37.6. The van der Waals surface area contributed by atoms with Crippen molar-refractivity contribution < 1.29 is 32.6 Å². The molecule has 144 valence electrons. The quantitative estimate of drug-likeness (QED) is 0.821. The first-order chi connectivity index (χ1) is 12.2. The van der Waals surface area contributed by atoms with E-state index in [4.69, 9.17) is 14.6 Å². The molecule has 0 radical (unpaired) electrons. The van der Waals surface area contributed by atoms with Crippen LogP contribution in [0.4, 0.5) is 13.2 Å². The van der Waals surface area contributed by atoms with E-state index in [0.29, 0.717) is 0 Å². The fourth-order valence-corrected chi connectivity index (χ4v) is 3.08. The van der Waals surface area contributed by atoms with E-state index in [2.05, 4.69) is 21.3 Å². The largest absolute Gasteiger partial charge is 0.490 e. The van der Waals surface area contributed by atoms with Crippen LogP contribution in [0.2, 0.25) is 0 Å². The van der Waals surface area contributed by atoms with Gasteiger partial charge in [0.05, 0.1) is 18.1 Å². The molecule has 0 aromatic carbocycles. The van der Waals surface area contributed by atoms with Crippen LogP contribution in [0.3, 0.4) is 0 Å². The van der Waals surface area contributed by atoms with Gasteiger partial charge >= 0.3 is 12.1 Å². The van der Waals surface area contributed by atoms with Crippen LogP contribution in [0.5, 0.6) is 0 Å². The number of aliphatic carboxylic acids is 1. The number of alkyl halides is 3. The summed E-state index contributed by atoms with van der Waals surface area (Å²) in [5.74, 6) is -2.64. The second-order valence-corrected chi connectivity index (χ2v) is 6.11. The fraction of sp³-hybridized carbons (Fsp3) is 0.562. The van der Waals surface area contributed by atoms with Gasteiger partial charge in [-0.1, -0.05) is 6.07 Å². The monoisotopic (exact) mass is 375 g/mol. The zero-order valence-electron chi connectivity index (χ0n) is 14.1. The predicted molar refractivity (Wildman–Crippen MR) is 84.0 cm³/mol. The number of pyridine rings is 1. The molecule has 26 heavy (non-hydrogen) atoms. The molecule has 2 aliphatic heterocycles. The Balaban J connectivity index is 0.000000298. The van der Waals surface area contributed by atoms with Crippen molar-refractivity contribution in [2.75, 3.05) is 20.1 Å². The van der Waals surface area contributed by atoms with Gasteiger partial charge < -0.3 is 15.2 Å². The first kappa shape index (κ1) is 20.1. The highest BCUT2D eigenvalue weighted by Gasteiger charge is 2.44. The van der Waals surface area contributed by atoms with E-state index in [9.17, 15) is 18.0 Å². The van der Waals surface area contributed by atoms with Crippen LogP contribution in [0.1, 0.15) is 12.0 Å². The summed E-state index contributed by atoms with van der Waals surface area (Å²) in [6.07, 6.45) is -0.330. The Bertz CT molecular complexity index is 627. The predicted octanol–water partition coefficient (Wildman–Crippen LogP) is 1.05. The van der Waals surface area contributed by atoms with Crippen LogP contribution in [0.25, 0.3) is 0 Å². The minimum atomic E-state index is -5.08. The number of amides is 1. The molecule has 2 fully saturated rings. The Morgan fingerprint density at radius 1 is 1.42 bits per heavy atom. The Morgan fingerprint density at radius 2 is 2.12 bits per heavy atom. The van der Waals surface area contributed by atoms with E-state index < -0.39 is 12.1 Å². The molecule has 1 aromatic rings. The van der Waals surface area contributed by atoms with Crippen molar-refractivity contribution in [1.29, 1.82) is 0 Å². The van der Waals surface area contributed by atoms with Gasteiger partial charge in [0.25, 0.3) is 0 Å². The maximum atomic E-state index is 11.8. The molecule has 1 aromatic heterocycles.